The summed E-state index contributed by atoms with van der Waals surface area (Å²) in [7, 11) is 0. The molecule has 0 aromatic heterocycles. The Labute approximate surface area is 329 Å². The third-order valence-corrected chi connectivity index (χ3v) is 9.08. The number of carbonyl (C=O) groups excluding carboxylic acids is 2. The van der Waals surface area contributed by atoms with Crippen molar-refractivity contribution >= 4 is 43.7 Å². The molecular formula is C42H42Br2F6N2O2. The molecule has 0 bridgehead atoms. The van der Waals surface area contributed by atoms with E-state index >= 15 is 0 Å². The summed E-state index contributed by atoms with van der Waals surface area (Å²) in [6.45, 7) is 10.8. The number of allylic oxidation sites excluding steroid dienone is 2. The lowest BCUT2D eigenvalue weighted by atomic mass is 9.90. The van der Waals surface area contributed by atoms with E-state index in [1.54, 1.807) is 66.1 Å². The van der Waals surface area contributed by atoms with Gasteiger partial charge in [0.15, 0.2) is 0 Å². The number of hydrogen-bond acceptors (Lipinski definition) is 2. The third-order valence-electron chi connectivity index (χ3n) is 8.02. The van der Waals surface area contributed by atoms with Crippen LogP contribution in [0.3, 0.4) is 0 Å². The lowest BCUT2D eigenvalue weighted by molar-refractivity contribution is -0.138. The van der Waals surface area contributed by atoms with E-state index in [0.29, 0.717) is 11.1 Å². The fraction of sp³-hybridized carbons (Fsp3) is 0.286. The van der Waals surface area contributed by atoms with Crippen LogP contribution < -0.4 is 10.6 Å². The standard InChI is InChI=1S/2C21H21BrF3NO/c2*1-20(2,3)19(27)26-13-12-18(15-6-10-17(22)11-7-15)14-4-8-16(9-5-14)21(23,24)25/h2*4-13,18H,1-3H3,(H,26,27)/b2*13-12-/t2*18-/m00/s1. The van der Waals surface area contributed by atoms with Crippen LogP contribution in [-0.2, 0) is 21.9 Å². The Morgan fingerprint density at radius 3 is 0.944 bits per heavy atom. The highest BCUT2D eigenvalue weighted by Gasteiger charge is 2.31. The van der Waals surface area contributed by atoms with Crippen LogP contribution >= 0.6 is 31.9 Å². The molecule has 0 aliphatic rings. The van der Waals surface area contributed by atoms with Gasteiger partial charge in [-0.3, -0.25) is 9.59 Å². The Morgan fingerprint density at radius 2 is 0.722 bits per heavy atom. The first-order valence-corrected chi connectivity index (χ1v) is 18.4. The molecule has 0 saturated carbocycles. The van der Waals surface area contributed by atoms with Crippen molar-refractivity contribution in [3.63, 3.8) is 0 Å². The van der Waals surface area contributed by atoms with Gasteiger partial charge in [0.1, 0.15) is 0 Å². The van der Waals surface area contributed by atoms with Gasteiger partial charge < -0.3 is 10.6 Å². The van der Waals surface area contributed by atoms with Crippen molar-refractivity contribution < 1.29 is 35.9 Å². The van der Waals surface area contributed by atoms with E-state index < -0.39 is 34.3 Å². The Kier molecular flexibility index (Phi) is 15.1. The van der Waals surface area contributed by atoms with Gasteiger partial charge in [0, 0.05) is 44.0 Å². The van der Waals surface area contributed by atoms with Crippen LogP contribution in [0.5, 0.6) is 0 Å². The minimum absolute atomic E-state index is 0.138. The summed E-state index contributed by atoms with van der Waals surface area (Å²) < 4.78 is 78.8. The van der Waals surface area contributed by atoms with E-state index in [2.05, 4.69) is 42.5 Å². The summed E-state index contributed by atoms with van der Waals surface area (Å²) in [5.41, 5.74) is 0.755. The number of hydrogen-bond donors (Lipinski definition) is 2. The van der Waals surface area contributed by atoms with Crippen LogP contribution in [0.4, 0.5) is 26.3 Å². The van der Waals surface area contributed by atoms with Crippen LogP contribution in [0.2, 0.25) is 0 Å². The van der Waals surface area contributed by atoms with E-state index in [0.717, 1.165) is 44.3 Å². The van der Waals surface area contributed by atoms with Gasteiger partial charge >= 0.3 is 12.4 Å². The van der Waals surface area contributed by atoms with Crippen LogP contribution in [0.25, 0.3) is 0 Å². The van der Waals surface area contributed by atoms with Crippen molar-refractivity contribution in [1.82, 2.24) is 10.6 Å². The second-order valence-electron chi connectivity index (χ2n) is 14.5. The molecule has 0 fully saturated rings. The van der Waals surface area contributed by atoms with E-state index in [4.69, 9.17) is 0 Å². The fourth-order valence-electron chi connectivity index (χ4n) is 4.80. The lowest BCUT2D eigenvalue weighted by Gasteiger charge is -2.18. The number of rotatable bonds is 8. The van der Waals surface area contributed by atoms with E-state index in [9.17, 15) is 35.9 Å². The second-order valence-corrected chi connectivity index (χ2v) is 16.3. The van der Waals surface area contributed by atoms with Crippen molar-refractivity contribution in [3.05, 3.63) is 164 Å². The largest absolute Gasteiger partial charge is 0.416 e. The zero-order chi connectivity index (χ0) is 40.5. The first kappa shape index (κ1) is 44.2. The molecule has 2 N–H and O–H groups in total. The molecule has 2 amide bonds. The van der Waals surface area contributed by atoms with Gasteiger partial charge in [-0.15, -0.1) is 0 Å². The van der Waals surface area contributed by atoms with Crippen molar-refractivity contribution in [2.24, 2.45) is 10.8 Å². The van der Waals surface area contributed by atoms with Gasteiger partial charge in [-0.25, -0.2) is 0 Å². The Hall–Kier alpha value is -4.16. The highest BCUT2D eigenvalue weighted by atomic mass is 79.9. The summed E-state index contributed by atoms with van der Waals surface area (Å²) >= 11 is 6.75. The minimum Gasteiger partial charge on any atom is -0.333 e. The van der Waals surface area contributed by atoms with Crippen LogP contribution in [0.15, 0.2) is 131 Å². The zero-order valence-corrected chi connectivity index (χ0v) is 33.7. The molecule has 0 spiro atoms. The van der Waals surface area contributed by atoms with E-state index in [1.165, 1.54) is 24.3 Å². The average molecular weight is 881 g/mol. The summed E-state index contributed by atoms with van der Waals surface area (Å²) in [6, 6.07) is 25.2. The number of alkyl halides is 6. The van der Waals surface area contributed by atoms with Gasteiger partial charge in [-0.1, -0.05) is 134 Å². The zero-order valence-electron chi connectivity index (χ0n) is 30.5. The SMILES string of the molecule is CC(C)(C)C(=O)N/C=C\[C@H](c1ccc(Br)cc1)c1ccc(C(F)(F)F)cc1.CC(C)(C)C(=O)N/C=C\[C@H](c1ccc(Br)cc1)c1ccc(C(F)(F)F)cc1. The number of halogens is 8. The molecule has 4 aromatic carbocycles. The maximum absolute atomic E-state index is 12.8. The highest BCUT2D eigenvalue weighted by molar-refractivity contribution is 9.10. The molecule has 288 valence electrons. The summed E-state index contributed by atoms with van der Waals surface area (Å²) in [5.74, 6) is -0.859. The van der Waals surface area contributed by atoms with Crippen LogP contribution in [0.1, 0.15) is 86.8 Å². The van der Waals surface area contributed by atoms with Gasteiger partial charge in [-0.05, 0) is 70.8 Å². The lowest BCUT2D eigenvalue weighted by Crippen LogP contribution is -2.31. The van der Waals surface area contributed by atoms with Gasteiger partial charge in [0.05, 0.1) is 11.1 Å². The summed E-state index contributed by atoms with van der Waals surface area (Å²) in [5, 5.41) is 5.46. The maximum Gasteiger partial charge on any atom is 0.416 e. The van der Waals surface area contributed by atoms with Crippen molar-refractivity contribution in [2.45, 2.75) is 65.7 Å². The normalized spacial score (nSPS) is 13.6. The van der Waals surface area contributed by atoms with Crippen molar-refractivity contribution in [2.75, 3.05) is 0 Å². The van der Waals surface area contributed by atoms with Crippen LogP contribution in [-0.4, -0.2) is 11.8 Å². The summed E-state index contributed by atoms with van der Waals surface area (Å²) in [4.78, 5) is 24.1. The van der Waals surface area contributed by atoms with Crippen LogP contribution in [0, 0.1) is 10.8 Å². The molecule has 0 saturated heterocycles. The number of benzene rings is 4. The predicted molar refractivity (Wildman–Crippen MR) is 208 cm³/mol. The van der Waals surface area contributed by atoms with Gasteiger partial charge in [0.2, 0.25) is 11.8 Å². The minimum atomic E-state index is -4.37. The van der Waals surface area contributed by atoms with Crippen molar-refractivity contribution in [1.29, 1.82) is 0 Å². The maximum atomic E-state index is 12.8. The number of carbonyl (C=O) groups is 2. The topological polar surface area (TPSA) is 58.2 Å². The number of amides is 2. The molecule has 0 aliphatic heterocycles. The third kappa shape index (κ3) is 13.6. The Bertz CT molecular complexity index is 1750. The average Bonchev–Trinajstić information content (AvgIpc) is 3.08. The fourth-order valence-corrected chi connectivity index (χ4v) is 5.33. The van der Waals surface area contributed by atoms with Crippen molar-refractivity contribution in [3.8, 4) is 0 Å². The summed E-state index contributed by atoms with van der Waals surface area (Å²) in [6.07, 6.45) is -2.09. The molecule has 0 radical (unpaired) electrons. The van der Waals surface area contributed by atoms with E-state index in [1.807, 2.05) is 48.5 Å². The highest BCUT2D eigenvalue weighted by Crippen LogP contribution is 2.34. The molecule has 2 atom stereocenters. The van der Waals surface area contributed by atoms with E-state index in [-0.39, 0.29) is 23.7 Å². The second kappa shape index (κ2) is 18.4. The first-order valence-electron chi connectivity index (χ1n) is 16.8. The van der Waals surface area contributed by atoms with Gasteiger partial charge in [-0.2, -0.15) is 26.3 Å². The molecule has 4 nitrogen and oxygen atoms in total. The smallest absolute Gasteiger partial charge is 0.333 e. The Balaban J connectivity index is 0.000000290. The molecule has 12 heteroatoms. The molecule has 0 aliphatic carbocycles. The molecular weight excluding hydrogens is 838 g/mol. The molecule has 54 heavy (non-hydrogen) atoms. The number of nitrogens with one attached hydrogen (secondary N) is 2. The molecule has 4 aromatic rings. The monoisotopic (exact) mass is 878 g/mol. The quantitative estimate of drug-likeness (QED) is 0.173. The predicted octanol–water partition coefficient (Wildman–Crippen LogP) is 12.6. The molecule has 4 rings (SSSR count). The molecule has 0 unspecified atom stereocenters. The Morgan fingerprint density at radius 1 is 0.481 bits per heavy atom. The first-order chi connectivity index (χ1) is 25.0. The van der Waals surface area contributed by atoms with Gasteiger partial charge in [0.25, 0.3) is 0 Å². The molecule has 0 heterocycles.